The molecule has 0 radical (unpaired) electrons. The fourth-order valence-electron chi connectivity index (χ4n) is 2.22. The molecule has 0 atom stereocenters. The maximum absolute atomic E-state index is 12.3. The maximum Gasteiger partial charge on any atom is 0.374 e. The number of aromatic hydroxyl groups is 1. The SMILES string of the molecule is CCOC(=O)c1cc(O)c(C(=O)/C=C(/C)Nc2ccc(OC)cc2)c(=O)o1. The highest BCUT2D eigenvalue weighted by atomic mass is 16.5. The molecule has 0 aliphatic heterocycles. The van der Waals surface area contributed by atoms with Gasteiger partial charge < -0.3 is 24.3 Å². The summed E-state index contributed by atoms with van der Waals surface area (Å²) in [5.74, 6) is -2.13. The number of nitrogens with one attached hydrogen (secondary N) is 1. The number of carbonyl (C=O) groups is 2. The highest BCUT2D eigenvalue weighted by Gasteiger charge is 2.21. The van der Waals surface area contributed by atoms with Crippen LogP contribution in [0.25, 0.3) is 0 Å². The quantitative estimate of drug-likeness (QED) is 0.432. The van der Waals surface area contributed by atoms with Crippen molar-refractivity contribution < 1.29 is 28.6 Å². The standard InChI is InChI=1S/C19H19NO7/c1-4-26-18(23)16-10-15(22)17(19(24)27-16)14(21)9-11(2)20-12-5-7-13(25-3)8-6-12/h5-10,20,22H,4H2,1-3H3/b11-9-. The zero-order valence-corrected chi connectivity index (χ0v) is 15.1. The first-order chi connectivity index (χ1) is 12.8. The number of ether oxygens (including phenoxy) is 2. The number of carbonyl (C=O) groups excluding carboxylic acids is 2. The summed E-state index contributed by atoms with van der Waals surface area (Å²) in [5, 5.41) is 12.9. The molecule has 0 aliphatic rings. The molecule has 2 rings (SSSR count). The van der Waals surface area contributed by atoms with Gasteiger partial charge in [-0.25, -0.2) is 9.59 Å². The van der Waals surface area contributed by atoms with Crippen molar-refractivity contribution in [1.82, 2.24) is 0 Å². The molecule has 1 aromatic heterocycles. The minimum atomic E-state index is -1.13. The van der Waals surface area contributed by atoms with Gasteiger partial charge in [-0.15, -0.1) is 0 Å². The Morgan fingerprint density at radius 2 is 1.93 bits per heavy atom. The second-order valence-electron chi connectivity index (χ2n) is 5.42. The number of esters is 1. The van der Waals surface area contributed by atoms with E-state index in [9.17, 15) is 19.5 Å². The molecule has 0 amide bonds. The third kappa shape index (κ3) is 4.97. The lowest BCUT2D eigenvalue weighted by Crippen LogP contribution is -2.17. The van der Waals surface area contributed by atoms with Gasteiger partial charge in [-0.05, 0) is 38.1 Å². The van der Waals surface area contributed by atoms with E-state index < -0.39 is 34.5 Å². The molecule has 0 bridgehead atoms. The van der Waals surface area contributed by atoms with Crippen molar-refractivity contribution in [2.75, 3.05) is 19.0 Å². The monoisotopic (exact) mass is 373 g/mol. The number of hydrogen-bond donors (Lipinski definition) is 2. The van der Waals surface area contributed by atoms with Crippen LogP contribution < -0.4 is 15.7 Å². The van der Waals surface area contributed by atoms with E-state index in [4.69, 9.17) is 9.15 Å². The summed E-state index contributed by atoms with van der Waals surface area (Å²) in [5.41, 5.74) is -0.569. The van der Waals surface area contributed by atoms with Gasteiger partial charge in [-0.2, -0.15) is 0 Å². The van der Waals surface area contributed by atoms with Crippen molar-refractivity contribution in [2.24, 2.45) is 0 Å². The predicted molar refractivity (Wildman–Crippen MR) is 97.3 cm³/mol. The van der Waals surface area contributed by atoms with Crippen LogP contribution in [0.3, 0.4) is 0 Å². The van der Waals surface area contributed by atoms with E-state index in [1.165, 1.54) is 0 Å². The molecule has 0 saturated carbocycles. The Morgan fingerprint density at radius 3 is 2.48 bits per heavy atom. The number of rotatable bonds is 7. The summed E-state index contributed by atoms with van der Waals surface area (Å²) in [7, 11) is 1.55. The summed E-state index contributed by atoms with van der Waals surface area (Å²) in [6, 6.07) is 7.87. The molecule has 0 aliphatic carbocycles. The van der Waals surface area contributed by atoms with Crippen LogP contribution in [0.1, 0.15) is 34.8 Å². The lowest BCUT2D eigenvalue weighted by molar-refractivity contribution is 0.0482. The molecule has 0 fully saturated rings. The number of methoxy groups -OCH3 is 1. The van der Waals surface area contributed by atoms with Crippen molar-refractivity contribution in [3.63, 3.8) is 0 Å². The number of hydrogen-bond acceptors (Lipinski definition) is 8. The molecule has 0 saturated heterocycles. The zero-order valence-electron chi connectivity index (χ0n) is 15.1. The normalized spacial score (nSPS) is 11.0. The molecule has 2 aromatic rings. The molecule has 8 heteroatoms. The third-order valence-electron chi connectivity index (χ3n) is 3.43. The number of ketones is 1. The lowest BCUT2D eigenvalue weighted by Gasteiger charge is -2.08. The second-order valence-corrected chi connectivity index (χ2v) is 5.42. The summed E-state index contributed by atoms with van der Waals surface area (Å²) >= 11 is 0. The zero-order chi connectivity index (χ0) is 20.0. The van der Waals surface area contributed by atoms with Crippen LogP contribution >= 0.6 is 0 Å². The van der Waals surface area contributed by atoms with Gasteiger partial charge >= 0.3 is 11.6 Å². The van der Waals surface area contributed by atoms with Crippen LogP contribution in [0.2, 0.25) is 0 Å². The minimum absolute atomic E-state index is 0.0724. The van der Waals surface area contributed by atoms with Gasteiger partial charge in [0.2, 0.25) is 5.76 Å². The van der Waals surface area contributed by atoms with Crippen LogP contribution in [-0.4, -0.2) is 30.6 Å². The second kappa shape index (κ2) is 8.70. The summed E-state index contributed by atoms with van der Waals surface area (Å²) in [6.07, 6.45) is 1.14. The molecular formula is C19H19NO7. The van der Waals surface area contributed by atoms with E-state index in [1.807, 2.05) is 0 Å². The van der Waals surface area contributed by atoms with Crippen molar-refractivity contribution in [2.45, 2.75) is 13.8 Å². The van der Waals surface area contributed by atoms with Crippen molar-refractivity contribution in [3.05, 3.63) is 63.8 Å². The smallest absolute Gasteiger partial charge is 0.374 e. The average Bonchev–Trinajstić information content (AvgIpc) is 2.61. The van der Waals surface area contributed by atoms with Gasteiger partial charge in [0.15, 0.2) is 5.78 Å². The Labute approximate surface area is 155 Å². The Bertz CT molecular complexity index is 926. The van der Waals surface area contributed by atoms with Crippen LogP contribution in [0.5, 0.6) is 11.5 Å². The van der Waals surface area contributed by atoms with Crippen LogP contribution in [0.4, 0.5) is 5.69 Å². The van der Waals surface area contributed by atoms with Crippen molar-refractivity contribution in [1.29, 1.82) is 0 Å². The number of allylic oxidation sites excluding steroid dienone is 2. The molecular weight excluding hydrogens is 354 g/mol. The third-order valence-corrected chi connectivity index (χ3v) is 3.43. The Balaban J connectivity index is 2.21. The molecule has 0 unspecified atom stereocenters. The molecule has 142 valence electrons. The van der Waals surface area contributed by atoms with E-state index in [2.05, 4.69) is 10.1 Å². The highest BCUT2D eigenvalue weighted by Crippen LogP contribution is 2.19. The van der Waals surface area contributed by atoms with E-state index >= 15 is 0 Å². The van der Waals surface area contributed by atoms with Gasteiger partial charge in [-0.3, -0.25) is 4.79 Å². The van der Waals surface area contributed by atoms with Gasteiger partial charge in [-0.1, -0.05) is 0 Å². The van der Waals surface area contributed by atoms with Gasteiger partial charge in [0.05, 0.1) is 13.7 Å². The Hall–Kier alpha value is -3.55. The fraction of sp³-hybridized carbons (Fsp3) is 0.211. The summed E-state index contributed by atoms with van der Waals surface area (Å²) < 4.78 is 14.5. The molecule has 1 heterocycles. The average molecular weight is 373 g/mol. The number of anilines is 1. The summed E-state index contributed by atoms with van der Waals surface area (Å²) in [4.78, 5) is 35.9. The number of benzene rings is 1. The van der Waals surface area contributed by atoms with Crippen LogP contribution in [0.15, 0.2) is 51.3 Å². The Kier molecular flexibility index (Phi) is 6.37. The van der Waals surface area contributed by atoms with E-state index in [0.29, 0.717) is 17.1 Å². The topological polar surface area (TPSA) is 115 Å². The van der Waals surface area contributed by atoms with Gasteiger partial charge in [0, 0.05) is 23.5 Å². The molecule has 2 N–H and O–H groups in total. The maximum atomic E-state index is 12.3. The van der Waals surface area contributed by atoms with Gasteiger partial charge in [0.1, 0.15) is 17.1 Å². The largest absolute Gasteiger partial charge is 0.507 e. The Morgan fingerprint density at radius 1 is 1.26 bits per heavy atom. The molecule has 1 aromatic carbocycles. The fourth-order valence-corrected chi connectivity index (χ4v) is 2.22. The lowest BCUT2D eigenvalue weighted by atomic mass is 10.1. The van der Waals surface area contributed by atoms with Gasteiger partial charge in [0.25, 0.3) is 0 Å². The highest BCUT2D eigenvalue weighted by molar-refractivity contribution is 6.07. The van der Waals surface area contributed by atoms with E-state index in [-0.39, 0.29) is 6.61 Å². The molecule has 27 heavy (non-hydrogen) atoms. The van der Waals surface area contributed by atoms with E-state index in [0.717, 1.165) is 12.1 Å². The van der Waals surface area contributed by atoms with E-state index in [1.54, 1.807) is 45.2 Å². The molecule has 0 spiro atoms. The minimum Gasteiger partial charge on any atom is -0.507 e. The summed E-state index contributed by atoms with van der Waals surface area (Å²) in [6.45, 7) is 3.27. The predicted octanol–water partition coefficient (Wildman–Crippen LogP) is 2.73. The van der Waals surface area contributed by atoms with Crippen molar-refractivity contribution in [3.8, 4) is 11.5 Å². The van der Waals surface area contributed by atoms with Crippen LogP contribution in [-0.2, 0) is 4.74 Å². The van der Waals surface area contributed by atoms with Crippen molar-refractivity contribution >= 4 is 17.4 Å². The first-order valence-electron chi connectivity index (χ1n) is 8.03. The first kappa shape index (κ1) is 19.8. The first-order valence-corrected chi connectivity index (χ1v) is 8.03. The molecule has 8 nitrogen and oxygen atoms in total. The van der Waals surface area contributed by atoms with Crippen LogP contribution in [0, 0.1) is 0 Å².